The maximum absolute atomic E-state index is 12.7. The number of hydrogen-bond acceptors (Lipinski definition) is 4. The lowest BCUT2D eigenvalue weighted by Gasteiger charge is -2.25. The van der Waals surface area contributed by atoms with E-state index in [0.29, 0.717) is 22.4 Å². The first-order valence-electron chi connectivity index (χ1n) is 11.5. The smallest absolute Gasteiger partial charge is 0.191 e. The van der Waals surface area contributed by atoms with Gasteiger partial charge in [0, 0.05) is 23.0 Å². The number of carbonyl (C=O) groups is 1. The van der Waals surface area contributed by atoms with Crippen molar-refractivity contribution < 1.29 is 4.79 Å². The number of carbonyl (C=O) groups excluding carboxylic acids is 1. The fourth-order valence-corrected chi connectivity index (χ4v) is 5.74. The van der Waals surface area contributed by atoms with Crippen molar-refractivity contribution in [3.05, 3.63) is 88.7 Å². The van der Waals surface area contributed by atoms with Crippen LogP contribution in [0.4, 0.5) is 0 Å². The minimum atomic E-state index is 0.0745. The first-order chi connectivity index (χ1) is 16.2. The second-order valence-electron chi connectivity index (χ2n) is 8.59. The fourth-order valence-electron chi connectivity index (χ4n) is 4.70. The summed E-state index contributed by atoms with van der Waals surface area (Å²) in [5.74, 6) is 1.39. The highest BCUT2D eigenvalue weighted by molar-refractivity contribution is 7.99. The fraction of sp³-hybridized carbons (Fsp3) is 0.296. The number of aromatic nitrogens is 3. The van der Waals surface area contributed by atoms with Gasteiger partial charge >= 0.3 is 0 Å². The Kier molecular flexibility index (Phi) is 6.79. The predicted octanol–water partition coefficient (Wildman–Crippen LogP) is 7.16. The van der Waals surface area contributed by atoms with Crippen molar-refractivity contribution in [2.75, 3.05) is 5.75 Å². The number of Topliss-reactive ketones (excluding diaryl/α,β-unsaturated/α-hetero) is 1. The van der Waals surface area contributed by atoms with Crippen LogP contribution >= 0.6 is 23.4 Å². The highest BCUT2D eigenvalue weighted by Gasteiger charge is 2.24. The summed E-state index contributed by atoms with van der Waals surface area (Å²) in [6, 6.07) is 22.4. The third-order valence-corrected chi connectivity index (χ3v) is 7.60. The molecule has 0 amide bonds. The highest BCUT2D eigenvalue weighted by Crippen LogP contribution is 2.34. The van der Waals surface area contributed by atoms with Crippen LogP contribution in [0.1, 0.15) is 59.9 Å². The highest BCUT2D eigenvalue weighted by atomic mass is 35.5. The van der Waals surface area contributed by atoms with Gasteiger partial charge in [0.2, 0.25) is 0 Å². The molecule has 1 fully saturated rings. The SMILES string of the molecule is O=C(CSc1nnc(Cc2cccc3ccccc23)n1C1CCCCC1)c1ccc(Cl)cc1. The topological polar surface area (TPSA) is 47.8 Å². The van der Waals surface area contributed by atoms with Gasteiger partial charge in [0.15, 0.2) is 10.9 Å². The van der Waals surface area contributed by atoms with Crippen molar-refractivity contribution in [3.63, 3.8) is 0 Å². The number of benzene rings is 3. The van der Waals surface area contributed by atoms with Crippen LogP contribution in [0.15, 0.2) is 71.9 Å². The lowest BCUT2D eigenvalue weighted by Crippen LogP contribution is -2.17. The molecule has 0 aliphatic heterocycles. The molecule has 1 aliphatic carbocycles. The van der Waals surface area contributed by atoms with E-state index in [1.807, 2.05) is 0 Å². The number of nitrogens with zero attached hydrogens (tertiary/aromatic N) is 3. The number of rotatable bonds is 7. The van der Waals surface area contributed by atoms with Crippen LogP contribution in [0.5, 0.6) is 0 Å². The summed E-state index contributed by atoms with van der Waals surface area (Å²) in [6.45, 7) is 0. The molecule has 1 aliphatic rings. The molecule has 33 heavy (non-hydrogen) atoms. The summed E-state index contributed by atoms with van der Waals surface area (Å²) in [6.07, 6.45) is 6.75. The molecule has 168 valence electrons. The summed E-state index contributed by atoms with van der Waals surface area (Å²) in [4.78, 5) is 12.7. The van der Waals surface area contributed by atoms with E-state index in [1.54, 1.807) is 24.3 Å². The summed E-state index contributed by atoms with van der Waals surface area (Å²) in [5.41, 5.74) is 1.93. The molecule has 4 nitrogen and oxygen atoms in total. The van der Waals surface area contributed by atoms with Crippen LogP contribution in [0.2, 0.25) is 5.02 Å². The third kappa shape index (κ3) is 4.99. The summed E-state index contributed by atoms with van der Waals surface area (Å²) in [5, 5.41) is 13.1. The zero-order chi connectivity index (χ0) is 22.6. The number of halogens is 1. The van der Waals surface area contributed by atoms with E-state index in [9.17, 15) is 4.79 Å². The molecule has 0 N–H and O–H groups in total. The van der Waals surface area contributed by atoms with Gasteiger partial charge in [-0.2, -0.15) is 0 Å². The minimum Gasteiger partial charge on any atom is -0.303 e. The summed E-state index contributed by atoms with van der Waals surface area (Å²) in [7, 11) is 0. The largest absolute Gasteiger partial charge is 0.303 e. The molecule has 0 unspecified atom stereocenters. The molecular formula is C27H26ClN3OS. The zero-order valence-electron chi connectivity index (χ0n) is 18.4. The Labute approximate surface area is 203 Å². The van der Waals surface area contributed by atoms with Crippen molar-refractivity contribution in [3.8, 4) is 0 Å². The molecule has 1 saturated carbocycles. The normalized spacial score (nSPS) is 14.6. The molecule has 6 heteroatoms. The average molecular weight is 476 g/mol. The molecule has 0 atom stereocenters. The molecular weight excluding hydrogens is 450 g/mol. The van der Waals surface area contributed by atoms with Crippen molar-refractivity contribution in [1.82, 2.24) is 14.8 Å². The van der Waals surface area contributed by atoms with Crippen LogP contribution in [0, 0.1) is 0 Å². The van der Waals surface area contributed by atoms with Crippen molar-refractivity contribution in [1.29, 1.82) is 0 Å². The van der Waals surface area contributed by atoms with Gasteiger partial charge in [-0.15, -0.1) is 10.2 Å². The van der Waals surface area contributed by atoms with Crippen LogP contribution in [-0.4, -0.2) is 26.3 Å². The number of fused-ring (bicyclic) bond motifs is 1. The van der Waals surface area contributed by atoms with Crippen LogP contribution in [0.3, 0.4) is 0 Å². The van der Waals surface area contributed by atoms with Gasteiger partial charge in [-0.25, -0.2) is 0 Å². The quantitative estimate of drug-likeness (QED) is 0.210. The Bertz CT molecular complexity index is 1260. The van der Waals surface area contributed by atoms with Gasteiger partial charge < -0.3 is 4.57 Å². The second-order valence-corrected chi connectivity index (χ2v) is 9.97. The van der Waals surface area contributed by atoms with Gasteiger partial charge in [0.1, 0.15) is 5.82 Å². The summed E-state index contributed by atoms with van der Waals surface area (Å²) < 4.78 is 2.32. The number of hydrogen-bond donors (Lipinski definition) is 0. The molecule has 0 radical (unpaired) electrons. The Morgan fingerprint density at radius 2 is 1.70 bits per heavy atom. The first-order valence-corrected chi connectivity index (χ1v) is 12.9. The Morgan fingerprint density at radius 3 is 2.52 bits per heavy atom. The van der Waals surface area contributed by atoms with Gasteiger partial charge in [-0.1, -0.05) is 85.1 Å². The predicted molar refractivity (Wildman–Crippen MR) is 135 cm³/mol. The maximum atomic E-state index is 12.7. The van der Waals surface area contributed by atoms with E-state index >= 15 is 0 Å². The standard InChI is InChI=1S/C27H26ClN3OS/c28-22-15-13-20(14-16-22)25(32)18-33-27-30-29-26(31(27)23-10-2-1-3-11-23)17-21-9-6-8-19-7-4-5-12-24(19)21/h4-9,12-16,23H,1-3,10-11,17-18H2. The van der Waals surface area contributed by atoms with Crippen LogP contribution in [0.25, 0.3) is 10.8 Å². The van der Waals surface area contributed by atoms with Crippen molar-refractivity contribution in [2.45, 2.75) is 49.7 Å². The molecule has 0 saturated heterocycles. The Balaban J connectivity index is 1.42. The van der Waals surface area contributed by atoms with E-state index in [4.69, 9.17) is 11.6 Å². The average Bonchev–Trinajstić information content (AvgIpc) is 3.26. The molecule has 1 aromatic heterocycles. The van der Waals surface area contributed by atoms with E-state index < -0.39 is 0 Å². The molecule has 0 bridgehead atoms. The minimum absolute atomic E-state index is 0.0745. The Morgan fingerprint density at radius 1 is 0.939 bits per heavy atom. The van der Waals surface area contributed by atoms with Crippen molar-refractivity contribution >= 4 is 39.9 Å². The monoisotopic (exact) mass is 475 g/mol. The van der Waals surface area contributed by atoms with Gasteiger partial charge in [-0.3, -0.25) is 4.79 Å². The number of thioether (sulfide) groups is 1. The maximum Gasteiger partial charge on any atom is 0.191 e. The Hall–Kier alpha value is -2.63. The van der Waals surface area contributed by atoms with E-state index in [2.05, 4.69) is 57.2 Å². The van der Waals surface area contributed by atoms with Crippen molar-refractivity contribution in [2.24, 2.45) is 0 Å². The molecule has 3 aromatic carbocycles. The van der Waals surface area contributed by atoms with Crippen LogP contribution in [-0.2, 0) is 6.42 Å². The van der Waals surface area contributed by atoms with E-state index in [1.165, 1.54) is 47.4 Å². The van der Waals surface area contributed by atoms with Gasteiger partial charge in [-0.05, 0) is 53.4 Å². The second kappa shape index (κ2) is 10.1. The van der Waals surface area contributed by atoms with Gasteiger partial charge in [0.25, 0.3) is 0 Å². The summed E-state index contributed by atoms with van der Waals surface area (Å²) >= 11 is 7.45. The first kappa shape index (κ1) is 22.2. The lowest BCUT2D eigenvalue weighted by molar-refractivity contribution is 0.102. The molecule has 1 heterocycles. The van der Waals surface area contributed by atoms with Crippen LogP contribution < -0.4 is 0 Å². The van der Waals surface area contributed by atoms with Gasteiger partial charge in [0.05, 0.1) is 5.75 Å². The third-order valence-electron chi connectivity index (χ3n) is 6.40. The molecule has 4 aromatic rings. The lowest BCUT2D eigenvalue weighted by atomic mass is 9.95. The molecule has 5 rings (SSSR count). The van der Waals surface area contributed by atoms with E-state index in [0.717, 1.165) is 30.2 Å². The van der Waals surface area contributed by atoms with E-state index in [-0.39, 0.29) is 5.78 Å². The zero-order valence-corrected chi connectivity index (χ0v) is 20.0. The number of ketones is 1. The molecule has 0 spiro atoms.